The van der Waals surface area contributed by atoms with E-state index < -0.39 is 0 Å². The fourth-order valence-corrected chi connectivity index (χ4v) is 3.52. The second kappa shape index (κ2) is 7.89. The number of halogens is 1. The molecule has 0 atom stereocenters. The van der Waals surface area contributed by atoms with E-state index in [4.69, 9.17) is 28.2 Å². The van der Waals surface area contributed by atoms with Crippen LogP contribution in [0, 0.1) is 13.8 Å². The standard InChI is InChI=1S/C21H21ClN4OS/c1-13-7-8-15(11-14(13)2)23-21(28)26(16-9-10-16)12-19-24-25-20(27-19)17-5-3-4-6-18(17)22/h3-8,11,16H,9-10,12H2,1-2H3,(H,23,28). The number of benzene rings is 2. The van der Waals surface area contributed by atoms with E-state index in [1.165, 1.54) is 11.1 Å². The molecule has 0 unspecified atom stereocenters. The van der Waals surface area contributed by atoms with Crippen LogP contribution in [0.15, 0.2) is 46.9 Å². The fraction of sp³-hybridized carbons (Fsp3) is 0.286. The van der Waals surface area contributed by atoms with Gasteiger partial charge >= 0.3 is 0 Å². The quantitative estimate of drug-likeness (QED) is 0.568. The Balaban J connectivity index is 1.49. The molecule has 0 amide bonds. The van der Waals surface area contributed by atoms with Crippen molar-refractivity contribution >= 4 is 34.6 Å². The van der Waals surface area contributed by atoms with Crippen LogP contribution in [0.4, 0.5) is 5.69 Å². The average molecular weight is 413 g/mol. The van der Waals surface area contributed by atoms with Crippen molar-refractivity contribution in [3.05, 3.63) is 64.5 Å². The smallest absolute Gasteiger partial charge is 0.249 e. The molecule has 28 heavy (non-hydrogen) atoms. The molecule has 0 spiro atoms. The highest BCUT2D eigenvalue weighted by molar-refractivity contribution is 7.80. The maximum Gasteiger partial charge on any atom is 0.249 e. The molecule has 4 rings (SSSR count). The molecule has 1 aromatic heterocycles. The van der Waals surface area contributed by atoms with Gasteiger partial charge in [0.1, 0.15) is 0 Å². The second-order valence-electron chi connectivity index (χ2n) is 7.07. The van der Waals surface area contributed by atoms with Gasteiger partial charge in [0.15, 0.2) is 5.11 Å². The third-order valence-corrected chi connectivity index (χ3v) is 5.55. The van der Waals surface area contributed by atoms with Crippen LogP contribution in [0.1, 0.15) is 29.9 Å². The molecule has 0 radical (unpaired) electrons. The van der Waals surface area contributed by atoms with E-state index in [9.17, 15) is 0 Å². The SMILES string of the molecule is Cc1ccc(NC(=S)N(Cc2nnc(-c3ccccc3Cl)o2)C2CC2)cc1C. The first-order chi connectivity index (χ1) is 13.5. The first kappa shape index (κ1) is 18.9. The van der Waals surface area contributed by atoms with Crippen LogP contribution in [0.5, 0.6) is 0 Å². The third kappa shape index (κ3) is 4.18. The predicted molar refractivity (Wildman–Crippen MR) is 115 cm³/mol. The van der Waals surface area contributed by atoms with Crippen molar-refractivity contribution in [2.45, 2.75) is 39.3 Å². The molecule has 7 heteroatoms. The monoisotopic (exact) mass is 412 g/mol. The van der Waals surface area contributed by atoms with Crippen molar-refractivity contribution in [1.82, 2.24) is 15.1 Å². The van der Waals surface area contributed by atoms with E-state index in [2.05, 4.69) is 46.4 Å². The molecule has 0 aliphatic heterocycles. The molecule has 0 bridgehead atoms. The highest BCUT2D eigenvalue weighted by Crippen LogP contribution is 2.31. The van der Waals surface area contributed by atoms with Gasteiger partial charge in [0.05, 0.1) is 17.1 Å². The zero-order valence-corrected chi connectivity index (χ0v) is 17.3. The summed E-state index contributed by atoms with van der Waals surface area (Å²) in [7, 11) is 0. The van der Waals surface area contributed by atoms with E-state index in [-0.39, 0.29) is 0 Å². The molecule has 1 N–H and O–H groups in total. The Morgan fingerprint density at radius 1 is 1.18 bits per heavy atom. The number of nitrogens with zero attached hydrogens (tertiary/aromatic N) is 3. The van der Waals surface area contributed by atoms with E-state index >= 15 is 0 Å². The van der Waals surface area contributed by atoms with Crippen molar-refractivity contribution in [1.29, 1.82) is 0 Å². The van der Waals surface area contributed by atoms with Crippen LogP contribution >= 0.6 is 23.8 Å². The Bertz CT molecular complexity index is 1020. The maximum absolute atomic E-state index is 6.23. The number of anilines is 1. The van der Waals surface area contributed by atoms with Gasteiger partial charge in [-0.05, 0) is 74.3 Å². The molecule has 1 fully saturated rings. The maximum atomic E-state index is 6.23. The Kier molecular flexibility index (Phi) is 5.33. The molecule has 2 aromatic carbocycles. The topological polar surface area (TPSA) is 54.2 Å². The summed E-state index contributed by atoms with van der Waals surface area (Å²) in [5, 5.41) is 12.9. The largest absolute Gasteiger partial charge is 0.419 e. The Morgan fingerprint density at radius 2 is 1.96 bits per heavy atom. The van der Waals surface area contributed by atoms with Gasteiger partial charge < -0.3 is 14.6 Å². The lowest BCUT2D eigenvalue weighted by molar-refractivity contribution is 0.351. The first-order valence-electron chi connectivity index (χ1n) is 9.23. The number of hydrogen-bond acceptors (Lipinski definition) is 4. The highest BCUT2D eigenvalue weighted by Gasteiger charge is 2.32. The van der Waals surface area contributed by atoms with Crippen molar-refractivity contribution < 1.29 is 4.42 Å². The van der Waals surface area contributed by atoms with Crippen LogP contribution in [-0.2, 0) is 6.54 Å². The van der Waals surface area contributed by atoms with E-state index in [0.29, 0.717) is 34.5 Å². The van der Waals surface area contributed by atoms with Crippen molar-refractivity contribution in [3.63, 3.8) is 0 Å². The van der Waals surface area contributed by atoms with E-state index in [1.807, 2.05) is 24.3 Å². The van der Waals surface area contributed by atoms with Crippen LogP contribution in [-0.4, -0.2) is 26.3 Å². The van der Waals surface area contributed by atoms with Gasteiger partial charge in [-0.3, -0.25) is 0 Å². The molecule has 1 saturated carbocycles. The average Bonchev–Trinajstić information content (AvgIpc) is 3.41. The molecule has 144 valence electrons. The third-order valence-electron chi connectivity index (χ3n) is 4.88. The molecular formula is C21H21ClN4OS. The summed E-state index contributed by atoms with van der Waals surface area (Å²) in [4.78, 5) is 2.12. The lowest BCUT2D eigenvalue weighted by atomic mass is 10.1. The summed E-state index contributed by atoms with van der Waals surface area (Å²) >= 11 is 11.9. The van der Waals surface area contributed by atoms with Crippen LogP contribution in [0.25, 0.3) is 11.5 Å². The molecule has 1 heterocycles. The van der Waals surface area contributed by atoms with Gasteiger partial charge in [0.25, 0.3) is 0 Å². The van der Waals surface area contributed by atoms with Gasteiger partial charge in [0, 0.05) is 11.7 Å². The van der Waals surface area contributed by atoms with Crippen LogP contribution in [0.2, 0.25) is 5.02 Å². The van der Waals surface area contributed by atoms with Crippen molar-refractivity contribution in [3.8, 4) is 11.5 Å². The van der Waals surface area contributed by atoms with Gasteiger partial charge in [-0.25, -0.2) is 0 Å². The van der Waals surface area contributed by atoms with Gasteiger partial charge in [-0.15, -0.1) is 10.2 Å². The minimum absolute atomic E-state index is 0.405. The highest BCUT2D eigenvalue weighted by atomic mass is 35.5. The minimum Gasteiger partial charge on any atom is -0.419 e. The number of thiocarbonyl (C=S) groups is 1. The molecule has 0 saturated heterocycles. The Labute approximate surface area is 174 Å². The molecule has 3 aromatic rings. The minimum atomic E-state index is 0.405. The van der Waals surface area contributed by atoms with E-state index in [0.717, 1.165) is 24.1 Å². The summed E-state index contributed by atoms with van der Waals surface area (Å²) < 4.78 is 5.86. The first-order valence-corrected chi connectivity index (χ1v) is 10.0. The van der Waals surface area contributed by atoms with Gasteiger partial charge in [-0.1, -0.05) is 29.8 Å². The Hall–Kier alpha value is -2.44. The lowest BCUT2D eigenvalue weighted by Crippen LogP contribution is -2.36. The van der Waals surface area contributed by atoms with E-state index in [1.54, 1.807) is 6.07 Å². The number of hydrogen-bond donors (Lipinski definition) is 1. The zero-order valence-electron chi connectivity index (χ0n) is 15.8. The lowest BCUT2D eigenvalue weighted by Gasteiger charge is -2.24. The summed E-state index contributed by atoms with van der Waals surface area (Å²) in [6, 6.07) is 14.1. The molecule has 1 aliphatic carbocycles. The summed E-state index contributed by atoms with van der Waals surface area (Å²) in [5.74, 6) is 0.940. The number of rotatable bonds is 5. The molecule has 1 aliphatic rings. The Morgan fingerprint density at radius 3 is 2.68 bits per heavy atom. The molecular weight excluding hydrogens is 392 g/mol. The number of aryl methyl sites for hydroxylation is 2. The normalized spacial score (nSPS) is 13.4. The van der Waals surface area contributed by atoms with Gasteiger partial charge in [-0.2, -0.15) is 0 Å². The predicted octanol–water partition coefficient (Wildman–Crippen LogP) is 5.37. The zero-order chi connectivity index (χ0) is 19.7. The number of nitrogens with one attached hydrogen (secondary N) is 1. The summed E-state index contributed by atoms with van der Waals surface area (Å²) in [6.45, 7) is 4.66. The fourth-order valence-electron chi connectivity index (χ4n) is 2.97. The van der Waals surface area contributed by atoms with Gasteiger partial charge in [0.2, 0.25) is 11.8 Å². The van der Waals surface area contributed by atoms with Crippen molar-refractivity contribution in [2.75, 3.05) is 5.32 Å². The second-order valence-corrected chi connectivity index (χ2v) is 7.86. The molecule has 5 nitrogen and oxygen atoms in total. The van der Waals surface area contributed by atoms with Crippen LogP contribution in [0.3, 0.4) is 0 Å². The summed E-state index contributed by atoms with van der Waals surface area (Å²) in [6.07, 6.45) is 2.22. The van der Waals surface area contributed by atoms with Crippen LogP contribution < -0.4 is 5.32 Å². The number of aromatic nitrogens is 2. The summed E-state index contributed by atoms with van der Waals surface area (Å²) in [5.41, 5.74) is 4.21. The van der Waals surface area contributed by atoms with Crippen molar-refractivity contribution in [2.24, 2.45) is 0 Å².